The van der Waals surface area contributed by atoms with E-state index in [-0.39, 0.29) is 73.5 Å². The summed E-state index contributed by atoms with van der Waals surface area (Å²) in [7, 11) is 3.91. The number of amides is 10. The fourth-order valence-corrected chi connectivity index (χ4v) is 10.3. The summed E-state index contributed by atoms with van der Waals surface area (Å²) in [4.78, 5) is 146. The first-order chi connectivity index (χ1) is 38.6. The number of carbonyl (C=O) groups excluding carboxylic acids is 10. The number of likely N-dealkylation sites (N-methyl/N-ethyl adjacent to an activating group) is 1. The summed E-state index contributed by atoms with van der Waals surface area (Å²) in [6, 6.07) is -5.37. The maximum Gasteiger partial charge on any atom is 0.276 e. The zero-order valence-electron chi connectivity index (χ0n) is 53.0. The number of rotatable bonds is 35. The lowest BCUT2D eigenvalue weighted by Crippen LogP contribution is -2.65. The Hall–Kier alpha value is -6.13. The molecule has 23 nitrogen and oxygen atoms in total. The average Bonchev–Trinajstić information content (AvgIpc) is 4.21. The lowest BCUT2D eigenvalue weighted by Gasteiger charge is -2.44. The van der Waals surface area contributed by atoms with Crippen molar-refractivity contribution < 1.29 is 52.4 Å². The fraction of sp³-hybridized carbons (Fsp3) is 0.783. The third kappa shape index (κ3) is 23.1. The van der Waals surface area contributed by atoms with Crippen LogP contribution in [0.1, 0.15) is 209 Å². The molecule has 0 unspecified atom stereocenters. The lowest BCUT2D eigenvalue weighted by atomic mass is 9.76. The Bertz CT molecular complexity index is 2380. The molecule has 10 amide bonds. The number of aryl methyl sites for hydroxylation is 1. The Morgan fingerprint density at radius 2 is 1.16 bits per heavy atom. The van der Waals surface area contributed by atoms with Crippen molar-refractivity contribution in [2.45, 2.75) is 252 Å². The first-order valence-electron chi connectivity index (χ1n) is 30.3. The van der Waals surface area contributed by atoms with E-state index in [2.05, 4.69) is 59.8 Å². The minimum Gasteiger partial charge on any atom is -0.448 e. The molecule has 470 valence electrons. The van der Waals surface area contributed by atoms with Crippen molar-refractivity contribution in [2.75, 3.05) is 33.7 Å². The van der Waals surface area contributed by atoms with Gasteiger partial charge >= 0.3 is 0 Å². The van der Waals surface area contributed by atoms with Crippen LogP contribution in [0, 0.1) is 24.7 Å². The SMILES string of the molecule is CCCCCCCC[C@@H](NC(=O)[C@@H]1CCCN1C(=O)c1coc(C)n1)C(=O)N[C@@H](CC(C)C)C(=O)NC(C)(C)C(=O)N[C@@H](CC(C)C)C(=O)N[C@@H](CC(C)C)C(=O)NC(C)(C)C(=O)NC(C)(C)C(=O)NCCC(=O)NC1(CN(C)C)CCC1. The summed E-state index contributed by atoms with van der Waals surface area (Å²) in [5, 5.41) is 25.4. The third-order valence-electron chi connectivity index (χ3n) is 15.1. The zero-order chi connectivity index (χ0) is 62.6. The molecule has 1 aromatic rings. The van der Waals surface area contributed by atoms with Gasteiger partial charge in [-0.25, -0.2) is 4.98 Å². The highest BCUT2D eigenvalue weighted by Gasteiger charge is 2.43. The van der Waals surface area contributed by atoms with Gasteiger partial charge in [-0.15, -0.1) is 0 Å². The number of carbonyl (C=O) groups is 10. The van der Waals surface area contributed by atoms with Gasteiger partial charge in [-0.1, -0.05) is 87.0 Å². The highest BCUT2D eigenvalue weighted by Crippen LogP contribution is 2.32. The summed E-state index contributed by atoms with van der Waals surface area (Å²) < 4.78 is 5.25. The van der Waals surface area contributed by atoms with Gasteiger partial charge in [-0.3, -0.25) is 47.9 Å². The minimum atomic E-state index is -1.64. The molecule has 3 rings (SSSR count). The molecule has 2 fully saturated rings. The van der Waals surface area contributed by atoms with Crippen molar-refractivity contribution >= 4 is 59.1 Å². The van der Waals surface area contributed by atoms with Crippen molar-refractivity contribution in [3.8, 4) is 0 Å². The van der Waals surface area contributed by atoms with E-state index in [0.717, 1.165) is 57.9 Å². The summed E-state index contributed by atoms with van der Waals surface area (Å²) in [6.07, 6.45) is 11.4. The maximum atomic E-state index is 14.3. The largest absolute Gasteiger partial charge is 0.448 e. The number of likely N-dealkylation sites (tertiary alicyclic amines) is 1. The molecule has 5 atom stereocenters. The molecular weight excluding hydrogens is 1060 g/mol. The molecule has 9 N–H and O–H groups in total. The number of unbranched alkanes of at least 4 members (excludes halogenated alkanes) is 5. The molecule has 23 heteroatoms. The second-order valence-corrected chi connectivity index (χ2v) is 26.3. The van der Waals surface area contributed by atoms with Crippen LogP contribution in [0.15, 0.2) is 10.7 Å². The molecule has 0 spiro atoms. The molecule has 2 heterocycles. The quantitative estimate of drug-likeness (QED) is 0.0431. The Balaban J connectivity index is 1.71. The molecule has 0 aromatic carbocycles. The molecule has 2 aliphatic rings. The number of hydrogen-bond acceptors (Lipinski definition) is 13. The number of nitrogens with zero attached hydrogens (tertiary/aromatic N) is 3. The second-order valence-electron chi connectivity index (χ2n) is 26.3. The van der Waals surface area contributed by atoms with E-state index in [9.17, 15) is 47.9 Å². The standard InChI is InChI=1S/C60H104N12O11/c1-17-18-19-20-21-22-25-41(63-52(78)46-26-23-31-72(46)53(79)45-35-83-40(8)62-45)48(74)64-43(33-38(4)5)50(76)68-58(11,12)55(81)66-42(32-37(2)3)49(75)65-44(34-39(6)7)51(77)69-59(13,14)56(82)70-57(9,10)54(80)61-30-27-47(73)67-60(28-24-29-60)36-71(15)16/h35,37-39,41-44,46H,17-34,36H2,1-16H3,(H,61,80)(H,63,78)(H,64,74)(H,65,75)(H,66,81)(H,67,73)(H,68,76)(H,69,77)(H,70,82)/t41-,42+,43+,44+,46+/m1/s1. The molecule has 1 aliphatic carbocycles. The smallest absolute Gasteiger partial charge is 0.276 e. The molecule has 1 saturated carbocycles. The summed E-state index contributed by atoms with van der Waals surface area (Å²) in [6.45, 7) is 24.9. The molecule has 0 radical (unpaired) electrons. The molecule has 1 aliphatic heterocycles. The number of nitrogens with one attached hydrogen (secondary N) is 9. The fourth-order valence-electron chi connectivity index (χ4n) is 10.3. The average molecular weight is 1170 g/mol. The molecule has 83 heavy (non-hydrogen) atoms. The number of aromatic nitrogens is 1. The monoisotopic (exact) mass is 1170 g/mol. The Kier molecular flexibility index (Phi) is 27.6. The van der Waals surface area contributed by atoms with Crippen molar-refractivity contribution in [1.82, 2.24) is 62.6 Å². The predicted molar refractivity (Wildman–Crippen MR) is 317 cm³/mol. The zero-order valence-corrected chi connectivity index (χ0v) is 53.0. The summed E-state index contributed by atoms with van der Waals surface area (Å²) in [5.74, 6) is -5.70. The predicted octanol–water partition coefficient (Wildman–Crippen LogP) is 4.21. The third-order valence-corrected chi connectivity index (χ3v) is 15.1. The Morgan fingerprint density at radius 1 is 0.651 bits per heavy atom. The van der Waals surface area contributed by atoms with E-state index in [1.807, 2.05) is 60.5 Å². The normalized spacial score (nSPS) is 16.7. The van der Waals surface area contributed by atoms with E-state index in [4.69, 9.17) is 4.42 Å². The Labute approximate surface area is 493 Å². The van der Waals surface area contributed by atoms with E-state index < -0.39 is 100.0 Å². The molecule has 1 saturated heterocycles. The van der Waals surface area contributed by atoms with Gasteiger partial charge in [-0.2, -0.15) is 0 Å². The van der Waals surface area contributed by atoms with Gasteiger partial charge in [0.05, 0.1) is 5.54 Å². The van der Waals surface area contributed by atoms with Gasteiger partial charge < -0.3 is 62.1 Å². The first-order valence-corrected chi connectivity index (χ1v) is 30.3. The summed E-state index contributed by atoms with van der Waals surface area (Å²) in [5.41, 5.74) is -4.86. The van der Waals surface area contributed by atoms with Crippen LogP contribution in [0.4, 0.5) is 0 Å². The van der Waals surface area contributed by atoms with Gasteiger partial charge in [0.25, 0.3) is 5.91 Å². The van der Waals surface area contributed by atoms with Gasteiger partial charge in [0, 0.05) is 33.0 Å². The van der Waals surface area contributed by atoms with Crippen molar-refractivity contribution in [2.24, 2.45) is 17.8 Å². The second kappa shape index (κ2) is 32.2. The highest BCUT2D eigenvalue weighted by atomic mass is 16.3. The van der Waals surface area contributed by atoms with Crippen LogP contribution < -0.4 is 47.9 Å². The van der Waals surface area contributed by atoms with Gasteiger partial charge in [0.1, 0.15) is 53.1 Å². The van der Waals surface area contributed by atoms with Crippen molar-refractivity contribution in [3.05, 3.63) is 17.8 Å². The molecular formula is C60H104N12O11. The number of oxazole rings is 1. The summed E-state index contributed by atoms with van der Waals surface area (Å²) >= 11 is 0. The minimum absolute atomic E-state index is 0.0465. The molecule has 0 bridgehead atoms. The van der Waals surface area contributed by atoms with E-state index in [0.29, 0.717) is 31.7 Å². The van der Waals surface area contributed by atoms with Crippen LogP contribution in [0.2, 0.25) is 0 Å². The van der Waals surface area contributed by atoms with Crippen LogP contribution >= 0.6 is 0 Å². The number of hydrogen-bond donors (Lipinski definition) is 9. The van der Waals surface area contributed by atoms with Gasteiger partial charge in [0.15, 0.2) is 11.6 Å². The maximum absolute atomic E-state index is 14.3. The van der Waals surface area contributed by atoms with Gasteiger partial charge in [-0.05, 0) is 131 Å². The molecule has 1 aromatic heterocycles. The van der Waals surface area contributed by atoms with Crippen LogP contribution in [0.25, 0.3) is 0 Å². The Morgan fingerprint density at radius 3 is 1.65 bits per heavy atom. The van der Waals surface area contributed by atoms with Crippen LogP contribution in [0.5, 0.6) is 0 Å². The van der Waals surface area contributed by atoms with Gasteiger partial charge in [0.2, 0.25) is 53.2 Å². The van der Waals surface area contributed by atoms with E-state index >= 15 is 0 Å². The topological polar surface area (TPSA) is 311 Å². The van der Waals surface area contributed by atoms with Crippen LogP contribution in [0.3, 0.4) is 0 Å². The lowest BCUT2D eigenvalue weighted by molar-refractivity contribution is -0.139. The van der Waals surface area contributed by atoms with Crippen LogP contribution in [-0.4, -0.2) is 160 Å². The first kappa shape index (κ1) is 71.1. The van der Waals surface area contributed by atoms with Crippen molar-refractivity contribution in [1.29, 1.82) is 0 Å². The van der Waals surface area contributed by atoms with Crippen LogP contribution in [-0.2, 0) is 43.2 Å². The van der Waals surface area contributed by atoms with Crippen molar-refractivity contribution in [3.63, 3.8) is 0 Å². The highest BCUT2D eigenvalue weighted by molar-refractivity contribution is 6.00. The van der Waals surface area contributed by atoms with E-state index in [1.54, 1.807) is 6.92 Å². The van der Waals surface area contributed by atoms with E-state index in [1.165, 1.54) is 52.7 Å².